The number of nitrogens with one attached hydrogen (secondary N) is 2. The molecule has 0 aliphatic heterocycles. The van der Waals surface area contributed by atoms with Gasteiger partial charge in [0.05, 0.1) is 40.1 Å². The number of hydrogen-bond acceptors (Lipinski definition) is 7. The Morgan fingerprint density at radius 2 is 1.87 bits per heavy atom. The van der Waals surface area contributed by atoms with Gasteiger partial charge in [-0.25, -0.2) is 4.68 Å². The SMILES string of the molecule is CC(C)(C)CNc1c(C#N)cnc2c(C#N)cc(N[C@H](c3cn(C4(C)CC4)nn3)c3ccccc3Cl)cc12. The average molecular weight is 525 g/mol. The fourth-order valence-electron chi connectivity index (χ4n) is 4.37. The molecule has 0 radical (unpaired) electrons. The third-order valence-electron chi connectivity index (χ3n) is 6.87. The van der Waals surface area contributed by atoms with E-state index in [4.69, 9.17) is 11.6 Å². The molecule has 0 bridgehead atoms. The maximum atomic E-state index is 10.00. The van der Waals surface area contributed by atoms with Crippen molar-refractivity contribution in [1.29, 1.82) is 10.5 Å². The van der Waals surface area contributed by atoms with Crippen LogP contribution in [0.5, 0.6) is 0 Å². The Labute approximate surface area is 227 Å². The number of fused-ring (bicyclic) bond motifs is 1. The normalized spacial score (nSPS) is 14.9. The number of anilines is 2. The summed E-state index contributed by atoms with van der Waals surface area (Å²) in [5, 5.41) is 37.0. The van der Waals surface area contributed by atoms with Gasteiger partial charge in [-0.1, -0.05) is 55.8 Å². The van der Waals surface area contributed by atoms with Crippen molar-refractivity contribution in [2.24, 2.45) is 5.41 Å². The second kappa shape index (κ2) is 9.63. The van der Waals surface area contributed by atoms with Crippen LogP contribution in [0.25, 0.3) is 10.9 Å². The Balaban J connectivity index is 1.63. The van der Waals surface area contributed by atoms with Gasteiger partial charge in [0.15, 0.2) is 0 Å². The third-order valence-corrected chi connectivity index (χ3v) is 7.21. The van der Waals surface area contributed by atoms with Gasteiger partial charge in [-0.2, -0.15) is 10.5 Å². The first-order valence-electron chi connectivity index (χ1n) is 12.6. The van der Waals surface area contributed by atoms with Crippen LogP contribution in [-0.4, -0.2) is 26.5 Å². The molecule has 0 unspecified atom stereocenters. The van der Waals surface area contributed by atoms with Gasteiger partial charge < -0.3 is 10.6 Å². The summed E-state index contributed by atoms with van der Waals surface area (Å²) >= 11 is 6.64. The largest absolute Gasteiger partial charge is 0.383 e. The van der Waals surface area contributed by atoms with Gasteiger partial charge in [0.2, 0.25) is 0 Å². The summed E-state index contributed by atoms with van der Waals surface area (Å²) in [6, 6.07) is 15.4. The summed E-state index contributed by atoms with van der Waals surface area (Å²) in [5.74, 6) is 0. The van der Waals surface area contributed by atoms with E-state index in [0.717, 1.165) is 24.1 Å². The highest BCUT2D eigenvalue weighted by Crippen LogP contribution is 2.43. The highest BCUT2D eigenvalue weighted by atomic mass is 35.5. The van der Waals surface area contributed by atoms with E-state index in [1.54, 1.807) is 6.07 Å². The molecule has 1 aliphatic carbocycles. The first-order chi connectivity index (χ1) is 18.1. The molecular formula is C29H29ClN8. The molecule has 2 aromatic carbocycles. The van der Waals surface area contributed by atoms with Crippen molar-refractivity contribution in [1.82, 2.24) is 20.0 Å². The smallest absolute Gasteiger partial charge is 0.110 e. The molecule has 2 heterocycles. The fraction of sp³-hybridized carbons (Fsp3) is 0.345. The Morgan fingerprint density at radius 1 is 1.13 bits per heavy atom. The van der Waals surface area contributed by atoms with Gasteiger partial charge in [-0.05, 0) is 48.9 Å². The van der Waals surface area contributed by atoms with Gasteiger partial charge in [0, 0.05) is 28.8 Å². The van der Waals surface area contributed by atoms with Crippen molar-refractivity contribution >= 4 is 33.9 Å². The summed E-state index contributed by atoms with van der Waals surface area (Å²) in [6.45, 7) is 9.16. The average Bonchev–Trinajstić information content (AvgIpc) is 3.44. The van der Waals surface area contributed by atoms with E-state index >= 15 is 0 Å². The number of halogens is 1. The molecular weight excluding hydrogens is 496 g/mol. The second-order valence-electron chi connectivity index (χ2n) is 11.3. The highest BCUT2D eigenvalue weighted by molar-refractivity contribution is 6.31. The second-order valence-corrected chi connectivity index (χ2v) is 11.7. The van der Waals surface area contributed by atoms with E-state index in [-0.39, 0.29) is 11.0 Å². The number of rotatable bonds is 7. The van der Waals surface area contributed by atoms with E-state index in [0.29, 0.717) is 45.0 Å². The molecule has 4 aromatic rings. The number of nitrogens with zero attached hydrogens (tertiary/aromatic N) is 6. The molecule has 2 N–H and O–H groups in total. The summed E-state index contributed by atoms with van der Waals surface area (Å²) in [4.78, 5) is 4.46. The quantitative estimate of drug-likeness (QED) is 0.287. The summed E-state index contributed by atoms with van der Waals surface area (Å²) in [7, 11) is 0. The maximum Gasteiger partial charge on any atom is 0.110 e. The first-order valence-corrected chi connectivity index (χ1v) is 12.9. The zero-order chi connectivity index (χ0) is 27.1. The lowest BCUT2D eigenvalue weighted by Crippen LogP contribution is -2.20. The lowest BCUT2D eigenvalue weighted by Gasteiger charge is -2.22. The number of hydrogen-bond donors (Lipinski definition) is 2. The molecule has 8 nitrogen and oxygen atoms in total. The van der Waals surface area contributed by atoms with Crippen LogP contribution in [0.4, 0.5) is 11.4 Å². The first kappa shape index (κ1) is 25.5. The predicted molar refractivity (Wildman–Crippen MR) is 149 cm³/mol. The zero-order valence-electron chi connectivity index (χ0n) is 21.9. The van der Waals surface area contributed by atoms with Gasteiger partial charge >= 0.3 is 0 Å². The summed E-state index contributed by atoms with van der Waals surface area (Å²) in [5.41, 5.74) is 4.25. The monoisotopic (exact) mass is 524 g/mol. The van der Waals surface area contributed by atoms with Crippen LogP contribution in [0, 0.1) is 28.1 Å². The summed E-state index contributed by atoms with van der Waals surface area (Å²) in [6.07, 6.45) is 5.61. The minimum Gasteiger partial charge on any atom is -0.383 e. The fourth-order valence-corrected chi connectivity index (χ4v) is 4.61. The molecule has 1 saturated carbocycles. The van der Waals surface area contributed by atoms with Crippen molar-refractivity contribution in [3.05, 3.63) is 76.2 Å². The van der Waals surface area contributed by atoms with Crippen LogP contribution >= 0.6 is 11.6 Å². The Kier molecular flexibility index (Phi) is 6.46. The Morgan fingerprint density at radius 3 is 2.53 bits per heavy atom. The van der Waals surface area contributed by atoms with Crippen LogP contribution in [0.15, 0.2) is 48.8 Å². The molecule has 192 valence electrons. The highest BCUT2D eigenvalue weighted by Gasteiger charge is 2.41. The molecule has 9 heteroatoms. The van der Waals surface area contributed by atoms with Crippen molar-refractivity contribution in [2.75, 3.05) is 17.2 Å². The van der Waals surface area contributed by atoms with Gasteiger partial charge in [0.25, 0.3) is 0 Å². The van der Waals surface area contributed by atoms with Gasteiger partial charge in [-0.3, -0.25) is 4.98 Å². The molecule has 0 amide bonds. The van der Waals surface area contributed by atoms with Gasteiger partial charge in [0.1, 0.15) is 17.8 Å². The van der Waals surface area contributed by atoms with Crippen LogP contribution in [-0.2, 0) is 5.54 Å². The van der Waals surface area contributed by atoms with Crippen LogP contribution < -0.4 is 10.6 Å². The minimum absolute atomic E-state index is 0.000198. The maximum absolute atomic E-state index is 10.00. The molecule has 1 fully saturated rings. The number of benzene rings is 2. The Hall–Kier alpha value is -4.14. The topological polar surface area (TPSA) is 115 Å². The molecule has 2 aromatic heterocycles. The van der Waals surface area contributed by atoms with E-state index in [1.165, 1.54) is 6.20 Å². The molecule has 0 saturated heterocycles. The lowest BCUT2D eigenvalue weighted by atomic mass is 9.96. The van der Waals surface area contributed by atoms with Crippen LogP contribution in [0.2, 0.25) is 5.02 Å². The zero-order valence-corrected chi connectivity index (χ0v) is 22.6. The van der Waals surface area contributed by atoms with Crippen molar-refractivity contribution in [3.63, 3.8) is 0 Å². The lowest BCUT2D eigenvalue weighted by molar-refractivity contribution is 0.443. The van der Waals surface area contributed by atoms with Crippen molar-refractivity contribution in [3.8, 4) is 12.1 Å². The third kappa shape index (κ3) is 5.01. The van der Waals surface area contributed by atoms with E-state index < -0.39 is 6.04 Å². The molecule has 1 aliphatic rings. The van der Waals surface area contributed by atoms with Gasteiger partial charge in [-0.15, -0.1) is 5.10 Å². The standard InChI is InChI=1S/C29H29ClN8/c1-28(2,3)17-34-26-19(14-32)15-33-25-18(13-31)11-20(12-22(25)26)35-27(21-7-5-6-8-23(21)30)24-16-38(37-36-24)29(4)9-10-29/h5-8,11-12,15-16,27,35H,9-10,17H2,1-4H3,(H,33,34)/t27-/m0/s1. The number of aromatic nitrogens is 4. The van der Waals surface area contributed by atoms with Crippen molar-refractivity contribution < 1.29 is 0 Å². The number of nitriles is 2. The Bertz CT molecular complexity index is 1600. The summed E-state index contributed by atoms with van der Waals surface area (Å²) < 4.78 is 1.92. The van der Waals surface area contributed by atoms with Crippen molar-refractivity contribution in [2.45, 2.75) is 52.1 Å². The van der Waals surface area contributed by atoms with Crippen LogP contribution in [0.1, 0.15) is 69.0 Å². The molecule has 1 atom stereocenters. The van der Waals surface area contributed by atoms with E-state index in [2.05, 4.69) is 65.8 Å². The molecule has 5 rings (SSSR count). The van der Waals surface area contributed by atoms with E-state index in [9.17, 15) is 10.5 Å². The van der Waals surface area contributed by atoms with Crippen LogP contribution in [0.3, 0.4) is 0 Å². The molecule has 0 spiro atoms. The van der Waals surface area contributed by atoms with E-state index in [1.807, 2.05) is 41.2 Å². The predicted octanol–water partition coefficient (Wildman–Crippen LogP) is 6.39. The molecule has 38 heavy (non-hydrogen) atoms. The minimum atomic E-state index is -0.415. The number of pyridine rings is 1.